The van der Waals surface area contributed by atoms with Gasteiger partial charge in [-0.15, -0.1) is 0 Å². The summed E-state index contributed by atoms with van der Waals surface area (Å²) in [6.07, 6.45) is 7.35. The normalized spacial score (nSPS) is 18.4. The van der Waals surface area contributed by atoms with Gasteiger partial charge in [-0.2, -0.15) is 10.1 Å². The Kier molecular flexibility index (Phi) is 5.53. The van der Waals surface area contributed by atoms with Gasteiger partial charge in [0.05, 0.1) is 17.8 Å². The van der Waals surface area contributed by atoms with Crippen molar-refractivity contribution in [1.82, 2.24) is 30.0 Å². The molecule has 0 bridgehead atoms. The molecule has 2 N–H and O–H groups in total. The molecule has 1 saturated carbocycles. The fourth-order valence-corrected chi connectivity index (χ4v) is 4.87. The van der Waals surface area contributed by atoms with E-state index >= 15 is 0 Å². The monoisotopic (exact) mass is 456 g/mol. The van der Waals surface area contributed by atoms with Crippen LogP contribution in [0.25, 0.3) is 21.9 Å². The molecular formula is C26H32N8. The number of hydrogen-bond acceptors (Lipinski definition) is 7. The first kappa shape index (κ1) is 21.3. The van der Waals surface area contributed by atoms with Crippen molar-refractivity contribution in [3.05, 3.63) is 48.3 Å². The maximum Gasteiger partial charge on any atom is 0.228 e. The van der Waals surface area contributed by atoms with Crippen LogP contribution in [0.1, 0.15) is 50.8 Å². The van der Waals surface area contributed by atoms with E-state index in [0.717, 1.165) is 60.9 Å². The fourth-order valence-electron chi connectivity index (χ4n) is 4.87. The van der Waals surface area contributed by atoms with Crippen molar-refractivity contribution in [3.8, 4) is 0 Å². The quantitative estimate of drug-likeness (QED) is 0.428. The third kappa shape index (κ3) is 3.96. The van der Waals surface area contributed by atoms with E-state index in [9.17, 15) is 0 Å². The number of anilines is 2. The van der Waals surface area contributed by atoms with Crippen LogP contribution in [0.2, 0.25) is 0 Å². The number of benzene rings is 1. The van der Waals surface area contributed by atoms with Crippen LogP contribution in [0.15, 0.2) is 42.7 Å². The molecule has 8 heteroatoms. The third-order valence-electron chi connectivity index (χ3n) is 7.20. The Balaban J connectivity index is 1.44. The Morgan fingerprint density at radius 2 is 1.91 bits per heavy atom. The van der Waals surface area contributed by atoms with Crippen molar-refractivity contribution >= 4 is 33.7 Å². The number of fused-ring (bicyclic) bond motifs is 2. The molecule has 4 aromatic rings. The van der Waals surface area contributed by atoms with E-state index < -0.39 is 0 Å². The van der Waals surface area contributed by atoms with Gasteiger partial charge in [-0.05, 0) is 49.8 Å². The van der Waals surface area contributed by atoms with E-state index in [1.165, 1.54) is 23.8 Å². The number of hydrogen-bond donors (Lipinski definition) is 2. The molecule has 1 saturated heterocycles. The number of para-hydroxylation sites is 1. The zero-order chi connectivity index (χ0) is 23.1. The van der Waals surface area contributed by atoms with Crippen LogP contribution in [-0.2, 0) is 0 Å². The second-order valence-electron chi connectivity index (χ2n) is 9.61. The molecule has 0 unspecified atom stereocenters. The number of rotatable bonds is 7. The van der Waals surface area contributed by atoms with Gasteiger partial charge in [0.25, 0.3) is 0 Å². The average molecular weight is 457 g/mol. The summed E-state index contributed by atoms with van der Waals surface area (Å²) in [5.41, 5.74) is 4.14. The second kappa shape index (κ2) is 8.83. The van der Waals surface area contributed by atoms with Gasteiger partial charge in [0.2, 0.25) is 5.95 Å². The van der Waals surface area contributed by atoms with Gasteiger partial charge in [0.1, 0.15) is 11.0 Å². The van der Waals surface area contributed by atoms with Gasteiger partial charge < -0.3 is 15.5 Å². The summed E-state index contributed by atoms with van der Waals surface area (Å²) in [6, 6.07) is 11.0. The summed E-state index contributed by atoms with van der Waals surface area (Å²) in [7, 11) is 0. The summed E-state index contributed by atoms with van der Waals surface area (Å²) >= 11 is 0. The first-order valence-electron chi connectivity index (χ1n) is 12.5. The summed E-state index contributed by atoms with van der Waals surface area (Å²) in [4.78, 5) is 17.1. The minimum absolute atomic E-state index is 0.159. The fraction of sp³-hybridized carbons (Fsp3) is 0.462. The van der Waals surface area contributed by atoms with Crippen molar-refractivity contribution < 1.29 is 0 Å². The van der Waals surface area contributed by atoms with Crippen LogP contribution in [0, 0.1) is 5.92 Å². The molecule has 0 amide bonds. The molecule has 34 heavy (non-hydrogen) atoms. The predicted molar refractivity (Wildman–Crippen MR) is 136 cm³/mol. The molecule has 0 spiro atoms. The van der Waals surface area contributed by atoms with Gasteiger partial charge in [-0.25, -0.2) is 4.98 Å². The number of pyridine rings is 1. The molecule has 0 radical (unpaired) electrons. The van der Waals surface area contributed by atoms with Crippen LogP contribution in [0.5, 0.6) is 0 Å². The first-order chi connectivity index (χ1) is 16.7. The average Bonchev–Trinajstić information content (AvgIpc) is 3.64. The van der Waals surface area contributed by atoms with E-state index in [2.05, 4.69) is 58.3 Å². The predicted octanol–water partition coefficient (Wildman–Crippen LogP) is 4.32. The SMILES string of the molecule is CC[C@@H](C)n1ncc2nc(N3CCNCC3)nc(N[C@@H](c3cnc4ccccc4c3)C3CC3)c21. The molecular weight excluding hydrogens is 424 g/mol. The zero-order valence-corrected chi connectivity index (χ0v) is 19.9. The molecule has 2 aliphatic rings. The highest BCUT2D eigenvalue weighted by atomic mass is 15.3. The number of piperazine rings is 1. The highest BCUT2D eigenvalue weighted by molar-refractivity contribution is 5.87. The van der Waals surface area contributed by atoms with Gasteiger partial charge in [0, 0.05) is 43.8 Å². The topological polar surface area (TPSA) is 83.8 Å². The molecule has 6 rings (SSSR count). The van der Waals surface area contributed by atoms with Crippen LogP contribution in [-0.4, -0.2) is 50.9 Å². The minimum atomic E-state index is 0.159. The molecule has 3 aromatic heterocycles. The molecule has 8 nitrogen and oxygen atoms in total. The smallest absolute Gasteiger partial charge is 0.228 e. The van der Waals surface area contributed by atoms with Crippen molar-refractivity contribution in [2.24, 2.45) is 5.92 Å². The maximum atomic E-state index is 5.11. The maximum absolute atomic E-state index is 5.11. The molecule has 1 aliphatic heterocycles. The number of nitrogens with zero attached hydrogens (tertiary/aromatic N) is 6. The Hall–Kier alpha value is -3.26. The summed E-state index contributed by atoms with van der Waals surface area (Å²) in [5, 5.41) is 13.2. The lowest BCUT2D eigenvalue weighted by Gasteiger charge is -2.28. The third-order valence-corrected chi connectivity index (χ3v) is 7.20. The lowest BCUT2D eigenvalue weighted by atomic mass is 10.0. The van der Waals surface area contributed by atoms with Crippen LogP contribution < -0.4 is 15.5 Å². The Morgan fingerprint density at radius 1 is 1.09 bits per heavy atom. The molecule has 1 aliphatic carbocycles. The van der Waals surface area contributed by atoms with Gasteiger partial charge in [-0.1, -0.05) is 25.1 Å². The van der Waals surface area contributed by atoms with E-state index in [1.54, 1.807) is 0 Å². The van der Waals surface area contributed by atoms with Gasteiger partial charge in [-0.3, -0.25) is 9.67 Å². The molecule has 1 aromatic carbocycles. The number of aromatic nitrogens is 5. The van der Waals surface area contributed by atoms with Crippen molar-refractivity contribution in [1.29, 1.82) is 0 Å². The lowest BCUT2D eigenvalue weighted by Crippen LogP contribution is -2.44. The summed E-state index contributed by atoms with van der Waals surface area (Å²) in [5.74, 6) is 2.24. The highest BCUT2D eigenvalue weighted by Crippen LogP contribution is 2.44. The molecule has 176 valence electrons. The van der Waals surface area contributed by atoms with Gasteiger partial charge in [0.15, 0.2) is 5.82 Å². The summed E-state index contributed by atoms with van der Waals surface area (Å²) < 4.78 is 2.09. The standard InChI is InChI=1S/C26H32N8/c1-3-17(2)34-24-22(16-29-34)30-26(33-12-10-27-11-13-33)32-25(24)31-23(18-8-9-18)20-14-19-6-4-5-7-21(19)28-15-20/h4-7,14-18,23,27H,3,8-13H2,1-2H3,(H,30,31,32)/t17-,23-/m1/s1. The van der Waals surface area contributed by atoms with Crippen molar-refractivity contribution in [2.75, 3.05) is 36.4 Å². The number of nitrogens with one attached hydrogen (secondary N) is 2. The van der Waals surface area contributed by atoms with E-state index in [0.29, 0.717) is 5.92 Å². The zero-order valence-electron chi connectivity index (χ0n) is 19.9. The van der Waals surface area contributed by atoms with Crippen LogP contribution in [0.4, 0.5) is 11.8 Å². The van der Waals surface area contributed by atoms with Crippen molar-refractivity contribution in [2.45, 2.75) is 45.2 Å². The highest BCUT2D eigenvalue weighted by Gasteiger charge is 2.34. The van der Waals surface area contributed by atoms with Gasteiger partial charge >= 0.3 is 0 Å². The Morgan fingerprint density at radius 3 is 2.71 bits per heavy atom. The minimum Gasteiger partial charge on any atom is -0.361 e. The Labute approximate surface area is 199 Å². The van der Waals surface area contributed by atoms with Crippen LogP contribution in [0.3, 0.4) is 0 Å². The molecule has 4 heterocycles. The summed E-state index contributed by atoms with van der Waals surface area (Å²) in [6.45, 7) is 8.10. The lowest BCUT2D eigenvalue weighted by molar-refractivity contribution is 0.492. The van der Waals surface area contributed by atoms with E-state index in [1.807, 2.05) is 18.5 Å². The van der Waals surface area contributed by atoms with Crippen LogP contribution >= 0.6 is 0 Å². The Bertz CT molecular complexity index is 1300. The molecule has 2 fully saturated rings. The van der Waals surface area contributed by atoms with Crippen molar-refractivity contribution in [3.63, 3.8) is 0 Å². The van der Waals surface area contributed by atoms with E-state index in [4.69, 9.17) is 20.1 Å². The second-order valence-corrected chi connectivity index (χ2v) is 9.61. The first-order valence-corrected chi connectivity index (χ1v) is 12.5. The van der Waals surface area contributed by atoms with E-state index in [-0.39, 0.29) is 12.1 Å². The largest absolute Gasteiger partial charge is 0.361 e. The molecule has 2 atom stereocenters.